The number of esters is 1. The third-order valence-electron chi connectivity index (χ3n) is 9.39. The van der Waals surface area contributed by atoms with Gasteiger partial charge in [0.05, 0.1) is 24.2 Å². The zero-order valence-corrected chi connectivity index (χ0v) is 25.5. The van der Waals surface area contributed by atoms with Crippen molar-refractivity contribution in [3.63, 3.8) is 0 Å². The standard InChI is InChI=1S/C33H48N6O3/c1-4-6-13-25-15-9-16-38(25)32(40)24-12-7-10-22(17-24)23-11-8-14-26(18-23)39-31(29(20-36-39)33(41)42-5-2)28-19-27(28)30(34)21-37(3)35/h8,11,14,18,20-22,24-25,27-28H,4-7,9-10,12-13,15-17,19,34-35H2,1-3H3/b30-21-. The van der Waals surface area contributed by atoms with Crippen molar-refractivity contribution in [2.75, 3.05) is 20.2 Å². The highest BCUT2D eigenvalue weighted by Crippen LogP contribution is 2.52. The molecule has 1 aliphatic heterocycles. The second kappa shape index (κ2) is 13.3. The van der Waals surface area contributed by atoms with Gasteiger partial charge in [0.25, 0.3) is 0 Å². The molecule has 228 valence electrons. The van der Waals surface area contributed by atoms with E-state index in [-0.39, 0.29) is 23.7 Å². The highest BCUT2D eigenvalue weighted by molar-refractivity contribution is 5.91. The van der Waals surface area contributed by atoms with Crippen LogP contribution in [-0.2, 0) is 9.53 Å². The Labute approximate surface area is 250 Å². The van der Waals surface area contributed by atoms with Crippen LogP contribution in [0.1, 0.15) is 112 Å². The molecule has 3 aliphatic rings. The van der Waals surface area contributed by atoms with E-state index in [9.17, 15) is 9.59 Å². The zero-order valence-electron chi connectivity index (χ0n) is 25.5. The van der Waals surface area contributed by atoms with Crippen molar-refractivity contribution >= 4 is 11.9 Å². The molecule has 2 saturated carbocycles. The number of amides is 1. The van der Waals surface area contributed by atoms with Crippen LogP contribution in [0.5, 0.6) is 0 Å². The van der Waals surface area contributed by atoms with Gasteiger partial charge in [-0.2, -0.15) is 5.10 Å². The van der Waals surface area contributed by atoms with E-state index in [0.717, 1.165) is 69.3 Å². The number of unbranched alkanes of at least 4 members (excludes halogenated alkanes) is 1. The van der Waals surface area contributed by atoms with Gasteiger partial charge in [0.1, 0.15) is 5.56 Å². The Morgan fingerprint density at radius 1 is 1.17 bits per heavy atom. The summed E-state index contributed by atoms with van der Waals surface area (Å²) >= 11 is 0. The first-order valence-electron chi connectivity index (χ1n) is 15.9. The minimum atomic E-state index is -0.369. The molecule has 1 aromatic heterocycles. The molecule has 2 aromatic rings. The van der Waals surface area contributed by atoms with E-state index in [1.807, 2.05) is 10.7 Å². The fourth-order valence-corrected chi connectivity index (χ4v) is 7.21. The molecule has 4 N–H and O–H groups in total. The van der Waals surface area contributed by atoms with Gasteiger partial charge in [0.15, 0.2) is 0 Å². The molecule has 1 aromatic carbocycles. The summed E-state index contributed by atoms with van der Waals surface area (Å²) in [6.45, 7) is 5.24. The van der Waals surface area contributed by atoms with Crippen LogP contribution >= 0.6 is 0 Å². The Morgan fingerprint density at radius 3 is 2.76 bits per heavy atom. The number of carbonyl (C=O) groups excluding carboxylic acids is 2. The summed E-state index contributed by atoms with van der Waals surface area (Å²) in [5.41, 5.74) is 10.5. The van der Waals surface area contributed by atoms with E-state index in [1.54, 1.807) is 26.4 Å². The quantitative estimate of drug-likeness (QED) is 0.214. The number of nitrogens with two attached hydrogens (primary N) is 2. The van der Waals surface area contributed by atoms with Crippen LogP contribution in [0.15, 0.2) is 42.4 Å². The Balaban J connectivity index is 1.37. The van der Waals surface area contributed by atoms with E-state index in [0.29, 0.717) is 35.7 Å². The van der Waals surface area contributed by atoms with Gasteiger partial charge in [-0.15, -0.1) is 0 Å². The van der Waals surface area contributed by atoms with Crippen LogP contribution in [-0.4, -0.2) is 57.8 Å². The second-order valence-corrected chi connectivity index (χ2v) is 12.4. The van der Waals surface area contributed by atoms with Gasteiger partial charge in [-0.25, -0.2) is 15.3 Å². The van der Waals surface area contributed by atoms with Crippen LogP contribution < -0.4 is 11.6 Å². The van der Waals surface area contributed by atoms with Gasteiger partial charge >= 0.3 is 5.97 Å². The first-order valence-corrected chi connectivity index (χ1v) is 15.9. The average molecular weight is 577 g/mol. The normalized spacial score (nSPS) is 25.9. The van der Waals surface area contributed by atoms with E-state index in [4.69, 9.17) is 16.3 Å². The molecule has 0 bridgehead atoms. The lowest BCUT2D eigenvalue weighted by atomic mass is 9.77. The number of carbonyl (C=O) groups is 2. The lowest BCUT2D eigenvalue weighted by molar-refractivity contribution is -0.137. The maximum absolute atomic E-state index is 13.7. The van der Waals surface area contributed by atoms with Crippen molar-refractivity contribution in [2.24, 2.45) is 23.4 Å². The van der Waals surface area contributed by atoms with Crippen molar-refractivity contribution in [2.45, 2.75) is 95.9 Å². The summed E-state index contributed by atoms with van der Waals surface area (Å²) in [4.78, 5) is 28.8. The third kappa shape index (κ3) is 6.51. The number of hydrogen-bond acceptors (Lipinski definition) is 7. The Kier molecular flexibility index (Phi) is 9.56. The Morgan fingerprint density at radius 2 is 2.00 bits per heavy atom. The molecule has 2 heterocycles. The molecule has 0 radical (unpaired) electrons. The molecule has 3 fully saturated rings. The summed E-state index contributed by atoms with van der Waals surface area (Å²) in [6.07, 6.45) is 13.9. The maximum Gasteiger partial charge on any atom is 0.341 e. The molecule has 0 spiro atoms. The SMILES string of the molecule is CCCCC1CCCN1C(=O)C1CCCC(c2cccc(-n3ncc(C(=O)OCC)c3C3CC3/C(N)=C/N(C)N)c2)C1. The average Bonchev–Trinajstić information content (AvgIpc) is 3.42. The van der Waals surface area contributed by atoms with Crippen molar-refractivity contribution in [1.29, 1.82) is 0 Å². The van der Waals surface area contributed by atoms with Crippen LogP contribution in [0, 0.1) is 11.8 Å². The summed E-state index contributed by atoms with van der Waals surface area (Å²) < 4.78 is 7.26. The number of benzene rings is 1. The smallest absolute Gasteiger partial charge is 0.341 e. The summed E-state index contributed by atoms with van der Waals surface area (Å²) in [7, 11) is 1.74. The van der Waals surface area contributed by atoms with Crippen molar-refractivity contribution in [3.8, 4) is 5.69 Å². The molecule has 9 nitrogen and oxygen atoms in total. The molecule has 2 aliphatic carbocycles. The molecule has 1 saturated heterocycles. The van der Waals surface area contributed by atoms with Gasteiger partial charge in [0.2, 0.25) is 5.91 Å². The number of hydrogen-bond donors (Lipinski definition) is 2. The summed E-state index contributed by atoms with van der Waals surface area (Å²) in [6, 6.07) is 8.89. The fourth-order valence-electron chi connectivity index (χ4n) is 7.21. The minimum Gasteiger partial charge on any atom is -0.462 e. The first kappa shape index (κ1) is 30.1. The first-order chi connectivity index (χ1) is 20.3. The van der Waals surface area contributed by atoms with Gasteiger partial charge in [-0.3, -0.25) is 4.79 Å². The number of ether oxygens (including phenoxy) is 1. The van der Waals surface area contributed by atoms with E-state index in [2.05, 4.69) is 35.1 Å². The number of allylic oxidation sites excluding steroid dienone is 1. The highest BCUT2D eigenvalue weighted by Gasteiger charge is 2.45. The van der Waals surface area contributed by atoms with E-state index in [1.165, 1.54) is 23.4 Å². The number of likely N-dealkylation sites (tertiary alicyclic amines) is 1. The van der Waals surface area contributed by atoms with Crippen LogP contribution in [0.25, 0.3) is 5.69 Å². The minimum absolute atomic E-state index is 0.0459. The highest BCUT2D eigenvalue weighted by atomic mass is 16.5. The van der Waals surface area contributed by atoms with Crippen LogP contribution in [0.3, 0.4) is 0 Å². The van der Waals surface area contributed by atoms with Gasteiger partial charge in [-0.1, -0.05) is 38.3 Å². The second-order valence-electron chi connectivity index (χ2n) is 12.4. The zero-order chi connectivity index (χ0) is 29.8. The summed E-state index contributed by atoms with van der Waals surface area (Å²) in [5, 5.41) is 6.13. The van der Waals surface area contributed by atoms with Crippen LogP contribution in [0.4, 0.5) is 0 Å². The van der Waals surface area contributed by atoms with Gasteiger partial charge in [0, 0.05) is 49.3 Å². The number of rotatable bonds is 11. The van der Waals surface area contributed by atoms with Crippen LogP contribution in [0.2, 0.25) is 0 Å². The number of hydrazine groups is 1. The van der Waals surface area contributed by atoms with Crippen molar-refractivity contribution in [1.82, 2.24) is 19.7 Å². The van der Waals surface area contributed by atoms with Crippen molar-refractivity contribution in [3.05, 3.63) is 59.2 Å². The largest absolute Gasteiger partial charge is 0.462 e. The molecule has 42 heavy (non-hydrogen) atoms. The Hall–Kier alpha value is -3.33. The monoisotopic (exact) mass is 576 g/mol. The fraction of sp³-hybridized carbons (Fsp3) is 0.606. The van der Waals surface area contributed by atoms with E-state index >= 15 is 0 Å². The molecular weight excluding hydrogens is 528 g/mol. The molecular formula is C33H48N6O3. The summed E-state index contributed by atoms with van der Waals surface area (Å²) in [5.74, 6) is 6.34. The molecule has 1 amide bonds. The predicted molar refractivity (Wildman–Crippen MR) is 164 cm³/mol. The number of aromatic nitrogens is 2. The lowest BCUT2D eigenvalue weighted by Crippen LogP contribution is -2.41. The third-order valence-corrected chi connectivity index (χ3v) is 9.39. The molecule has 5 atom stereocenters. The molecule has 5 rings (SSSR count). The molecule has 5 unspecified atom stereocenters. The molecule has 9 heteroatoms. The topological polar surface area (TPSA) is 120 Å². The Bertz CT molecular complexity index is 1290. The van der Waals surface area contributed by atoms with Gasteiger partial charge < -0.3 is 20.4 Å². The van der Waals surface area contributed by atoms with Crippen molar-refractivity contribution < 1.29 is 14.3 Å². The van der Waals surface area contributed by atoms with E-state index < -0.39 is 0 Å². The number of nitrogens with zero attached hydrogens (tertiary/aromatic N) is 4. The van der Waals surface area contributed by atoms with Gasteiger partial charge in [-0.05, 0) is 75.5 Å². The predicted octanol–water partition coefficient (Wildman–Crippen LogP) is 5.21. The maximum atomic E-state index is 13.7. The lowest BCUT2D eigenvalue weighted by Gasteiger charge is -2.34.